The third kappa shape index (κ3) is 3.52. The number of rotatable bonds is 4. The molecule has 24 heavy (non-hydrogen) atoms. The van der Waals surface area contributed by atoms with Crippen molar-refractivity contribution in [3.8, 4) is 11.4 Å². The number of halogens is 1. The van der Waals surface area contributed by atoms with Gasteiger partial charge in [0.05, 0.1) is 12.8 Å². The second-order valence-electron chi connectivity index (χ2n) is 5.67. The molecular weight excluding hydrogens is 320 g/mol. The second-order valence-corrected chi connectivity index (χ2v) is 6.11. The number of aliphatic imine (C=N–C) groups is 1. The molecule has 0 N–H and O–H groups in total. The predicted molar refractivity (Wildman–Crippen MR) is 101 cm³/mol. The van der Waals surface area contributed by atoms with Gasteiger partial charge in [0, 0.05) is 34.4 Å². The molecule has 0 saturated heterocycles. The molecule has 0 aliphatic rings. The molecule has 1 aromatic heterocycles. The zero-order valence-corrected chi connectivity index (χ0v) is 14.7. The first kappa shape index (κ1) is 16.3. The van der Waals surface area contributed by atoms with Crippen molar-refractivity contribution in [3.05, 3.63) is 76.6 Å². The molecule has 0 atom stereocenters. The molecule has 0 fully saturated rings. The molecule has 3 nitrogen and oxygen atoms in total. The quantitative estimate of drug-likeness (QED) is 0.576. The molecule has 0 bridgehead atoms. The van der Waals surface area contributed by atoms with Gasteiger partial charge in [-0.1, -0.05) is 17.7 Å². The fourth-order valence-corrected chi connectivity index (χ4v) is 2.72. The fourth-order valence-electron chi connectivity index (χ4n) is 2.56. The molecule has 4 heteroatoms. The normalized spacial score (nSPS) is 11.2. The van der Waals surface area contributed by atoms with Crippen LogP contribution >= 0.6 is 11.6 Å². The Balaban J connectivity index is 1.88. The number of nitrogens with zero attached hydrogens (tertiary/aromatic N) is 2. The summed E-state index contributed by atoms with van der Waals surface area (Å²) in [5.41, 5.74) is 5.26. The molecule has 0 aliphatic heterocycles. The van der Waals surface area contributed by atoms with Crippen LogP contribution in [0.15, 0.2) is 59.7 Å². The number of aromatic nitrogens is 1. The van der Waals surface area contributed by atoms with Crippen LogP contribution in [-0.2, 0) is 0 Å². The molecule has 0 amide bonds. The monoisotopic (exact) mass is 338 g/mol. The van der Waals surface area contributed by atoms with E-state index in [2.05, 4.69) is 28.7 Å². The first-order valence-corrected chi connectivity index (χ1v) is 8.08. The zero-order valence-electron chi connectivity index (χ0n) is 14.0. The van der Waals surface area contributed by atoms with Gasteiger partial charge in [0.2, 0.25) is 0 Å². The van der Waals surface area contributed by atoms with Crippen LogP contribution in [0.3, 0.4) is 0 Å². The minimum Gasteiger partial charge on any atom is -0.497 e. The molecule has 0 aliphatic carbocycles. The van der Waals surface area contributed by atoms with Gasteiger partial charge in [0.25, 0.3) is 0 Å². The topological polar surface area (TPSA) is 26.5 Å². The Morgan fingerprint density at radius 3 is 2.50 bits per heavy atom. The minimum atomic E-state index is 0.694. The summed E-state index contributed by atoms with van der Waals surface area (Å²) < 4.78 is 7.34. The molecular formula is C20H19ClN2O. The van der Waals surface area contributed by atoms with Gasteiger partial charge in [-0.3, -0.25) is 4.99 Å². The maximum atomic E-state index is 6.04. The molecule has 0 spiro atoms. The Bertz CT molecular complexity index is 879. The molecule has 0 radical (unpaired) electrons. The average Bonchev–Trinajstić information content (AvgIpc) is 2.96. The van der Waals surface area contributed by atoms with Crippen molar-refractivity contribution in [3.63, 3.8) is 0 Å². The van der Waals surface area contributed by atoms with E-state index in [1.54, 1.807) is 7.11 Å². The standard InChI is InChI=1S/C20H19ClN2O/c1-14-4-5-17(21)11-20(14)22-12-16-10-15(2)23(13-16)18-6-8-19(24-3)9-7-18/h4-13H,1-3H3. The lowest BCUT2D eigenvalue weighted by Crippen LogP contribution is -1.94. The highest BCUT2D eigenvalue weighted by atomic mass is 35.5. The summed E-state index contributed by atoms with van der Waals surface area (Å²) >= 11 is 6.04. The molecule has 1 heterocycles. The Morgan fingerprint density at radius 1 is 1.04 bits per heavy atom. The second kappa shape index (κ2) is 6.93. The summed E-state index contributed by atoms with van der Waals surface area (Å²) in [6.45, 7) is 4.10. The molecule has 122 valence electrons. The highest BCUT2D eigenvalue weighted by molar-refractivity contribution is 6.30. The van der Waals surface area contributed by atoms with Crippen molar-refractivity contribution < 1.29 is 4.74 Å². The Labute approximate surface area is 147 Å². The molecule has 3 rings (SSSR count). The number of hydrogen-bond donors (Lipinski definition) is 0. The molecule has 0 unspecified atom stereocenters. The molecule has 0 saturated carbocycles. The lowest BCUT2D eigenvalue weighted by atomic mass is 10.2. The Hall–Kier alpha value is -2.52. The fraction of sp³-hybridized carbons (Fsp3) is 0.150. The smallest absolute Gasteiger partial charge is 0.119 e. The summed E-state index contributed by atoms with van der Waals surface area (Å²) in [5, 5.41) is 0.694. The maximum Gasteiger partial charge on any atom is 0.119 e. The summed E-state index contributed by atoms with van der Waals surface area (Å²) in [4.78, 5) is 4.57. The van der Waals surface area contributed by atoms with Crippen molar-refractivity contribution in [2.45, 2.75) is 13.8 Å². The van der Waals surface area contributed by atoms with E-state index in [1.807, 2.05) is 55.6 Å². The van der Waals surface area contributed by atoms with Gasteiger partial charge in [0.1, 0.15) is 5.75 Å². The summed E-state index contributed by atoms with van der Waals surface area (Å²) in [6.07, 6.45) is 3.94. The van der Waals surface area contributed by atoms with Gasteiger partial charge in [-0.25, -0.2) is 0 Å². The van der Waals surface area contributed by atoms with Crippen molar-refractivity contribution >= 4 is 23.5 Å². The lowest BCUT2D eigenvalue weighted by molar-refractivity contribution is 0.414. The van der Waals surface area contributed by atoms with Crippen LogP contribution in [0.5, 0.6) is 5.75 Å². The number of benzene rings is 2. The van der Waals surface area contributed by atoms with Crippen LogP contribution in [0.2, 0.25) is 5.02 Å². The number of methoxy groups -OCH3 is 1. The third-order valence-electron chi connectivity index (χ3n) is 3.91. The van der Waals surface area contributed by atoms with Gasteiger partial charge in [-0.15, -0.1) is 0 Å². The maximum absolute atomic E-state index is 6.04. The lowest BCUT2D eigenvalue weighted by Gasteiger charge is -2.06. The largest absolute Gasteiger partial charge is 0.497 e. The predicted octanol–water partition coefficient (Wildman–Crippen LogP) is 5.51. The van der Waals surface area contributed by atoms with E-state index in [9.17, 15) is 0 Å². The van der Waals surface area contributed by atoms with Crippen LogP contribution in [0.1, 0.15) is 16.8 Å². The van der Waals surface area contributed by atoms with E-state index in [0.717, 1.165) is 33.9 Å². The van der Waals surface area contributed by atoms with Crippen molar-refractivity contribution in [2.75, 3.05) is 7.11 Å². The van der Waals surface area contributed by atoms with Crippen LogP contribution in [0.25, 0.3) is 5.69 Å². The van der Waals surface area contributed by atoms with E-state index in [0.29, 0.717) is 5.02 Å². The highest BCUT2D eigenvalue weighted by Crippen LogP contribution is 2.23. The van der Waals surface area contributed by atoms with Gasteiger partial charge >= 0.3 is 0 Å². The van der Waals surface area contributed by atoms with Crippen LogP contribution in [-0.4, -0.2) is 17.9 Å². The van der Waals surface area contributed by atoms with E-state index in [4.69, 9.17) is 16.3 Å². The number of hydrogen-bond acceptors (Lipinski definition) is 2. The third-order valence-corrected chi connectivity index (χ3v) is 4.14. The summed E-state index contributed by atoms with van der Waals surface area (Å²) in [7, 11) is 1.67. The van der Waals surface area contributed by atoms with Crippen molar-refractivity contribution in [2.24, 2.45) is 4.99 Å². The molecule has 2 aromatic carbocycles. The summed E-state index contributed by atoms with van der Waals surface area (Å²) in [5.74, 6) is 0.849. The Kier molecular flexibility index (Phi) is 4.72. The Morgan fingerprint density at radius 2 is 1.79 bits per heavy atom. The van der Waals surface area contributed by atoms with Crippen molar-refractivity contribution in [1.29, 1.82) is 0 Å². The first-order valence-electron chi connectivity index (χ1n) is 7.70. The number of aryl methyl sites for hydroxylation is 2. The highest BCUT2D eigenvalue weighted by Gasteiger charge is 2.04. The van der Waals surface area contributed by atoms with Crippen LogP contribution in [0, 0.1) is 13.8 Å². The zero-order chi connectivity index (χ0) is 17.1. The first-order chi connectivity index (χ1) is 11.6. The van der Waals surface area contributed by atoms with Crippen molar-refractivity contribution in [1.82, 2.24) is 4.57 Å². The van der Waals surface area contributed by atoms with E-state index >= 15 is 0 Å². The SMILES string of the molecule is COc1ccc(-n2cc(C=Nc3cc(Cl)ccc3C)cc2C)cc1. The van der Waals surface area contributed by atoms with Crippen LogP contribution in [0.4, 0.5) is 5.69 Å². The van der Waals surface area contributed by atoms with Crippen LogP contribution < -0.4 is 4.74 Å². The van der Waals surface area contributed by atoms with E-state index in [1.165, 1.54) is 0 Å². The van der Waals surface area contributed by atoms with E-state index < -0.39 is 0 Å². The van der Waals surface area contributed by atoms with Gasteiger partial charge in [0.15, 0.2) is 0 Å². The van der Waals surface area contributed by atoms with Gasteiger partial charge in [-0.05, 0) is 61.9 Å². The van der Waals surface area contributed by atoms with Gasteiger partial charge in [-0.2, -0.15) is 0 Å². The van der Waals surface area contributed by atoms with Gasteiger partial charge < -0.3 is 9.30 Å². The summed E-state index contributed by atoms with van der Waals surface area (Å²) in [6, 6.07) is 15.8. The number of ether oxygens (including phenoxy) is 1. The minimum absolute atomic E-state index is 0.694. The molecule has 3 aromatic rings. The van der Waals surface area contributed by atoms with E-state index in [-0.39, 0.29) is 0 Å². The average molecular weight is 339 g/mol.